The molecule has 0 radical (unpaired) electrons. The minimum atomic E-state index is -1.48. The zero-order valence-electron chi connectivity index (χ0n) is 11.4. The van der Waals surface area contributed by atoms with Crippen LogP contribution in [0.3, 0.4) is 0 Å². The highest BCUT2D eigenvalue weighted by Gasteiger charge is 2.27. The predicted molar refractivity (Wildman–Crippen MR) is 62.3 cm³/mol. The number of aliphatic hydroxyl groups excluding tert-OH is 1. The maximum Gasteiger partial charge on any atom is 0.336 e. The van der Waals surface area contributed by atoms with Crippen LogP contribution in [0, 0.1) is 0 Å². The van der Waals surface area contributed by atoms with Gasteiger partial charge in [0.25, 0.3) is 0 Å². The second-order valence-electron chi connectivity index (χ2n) is 5.84. The molecule has 1 N–H and O–H groups in total. The van der Waals surface area contributed by atoms with E-state index in [1.165, 1.54) is 0 Å². The molecule has 1 atom stereocenters. The number of hydrogen-bond acceptors (Lipinski definition) is 5. The number of carbonyl (C=O) groups excluding carboxylic acids is 2. The molecule has 5 heteroatoms. The molecule has 0 aromatic carbocycles. The zero-order chi connectivity index (χ0) is 13.9. The van der Waals surface area contributed by atoms with E-state index in [2.05, 4.69) is 0 Å². The Kier molecular flexibility index (Phi) is 5.13. The van der Waals surface area contributed by atoms with Crippen molar-refractivity contribution in [1.29, 1.82) is 0 Å². The van der Waals surface area contributed by atoms with Gasteiger partial charge in [-0.25, -0.2) is 4.79 Å². The first-order valence-corrected chi connectivity index (χ1v) is 5.53. The third-order valence-electron chi connectivity index (χ3n) is 1.46. The third kappa shape index (κ3) is 8.68. The highest BCUT2D eigenvalue weighted by Crippen LogP contribution is 2.12. The van der Waals surface area contributed by atoms with E-state index < -0.39 is 35.7 Å². The Morgan fingerprint density at radius 1 is 1.00 bits per heavy atom. The van der Waals surface area contributed by atoms with E-state index in [0.29, 0.717) is 0 Å². The molecule has 0 aromatic rings. The van der Waals surface area contributed by atoms with Crippen LogP contribution < -0.4 is 0 Å². The van der Waals surface area contributed by atoms with Crippen LogP contribution in [-0.4, -0.2) is 34.4 Å². The minimum Gasteiger partial charge on any atom is -0.460 e. The fraction of sp³-hybridized carbons (Fsp3) is 0.833. The molecule has 0 spiro atoms. The van der Waals surface area contributed by atoms with Crippen molar-refractivity contribution in [2.75, 3.05) is 0 Å². The lowest BCUT2D eigenvalue weighted by molar-refractivity contribution is -0.172. The smallest absolute Gasteiger partial charge is 0.336 e. The monoisotopic (exact) mass is 246 g/mol. The summed E-state index contributed by atoms with van der Waals surface area (Å²) < 4.78 is 9.92. The van der Waals surface area contributed by atoms with Gasteiger partial charge in [-0.2, -0.15) is 0 Å². The Morgan fingerprint density at radius 3 is 1.76 bits per heavy atom. The molecule has 0 heterocycles. The summed E-state index contributed by atoms with van der Waals surface area (Å²) in [5.41, 5.74) is -1.32. The molecular formula is C12H22O5. The van der Waals surface area contributed by atoms with Gasteiger partial charge in [0.1, 0.15) is 11.2 Å². The summed E-state index contributed by atoms with van der Waals surface area (Å²) in [5.74, 6) is -1.45. The van der Waals surface area contributed by atoms with E-state index in [0.717, 1.165) is 0 Å². The molecule has 0 aliphatic carbocycles. The van der Waals surface area contributed by atoms with Crippen molar-refractivity contribution >= 4 is 11.9 Å². The largest absolute Gasteiger partial charge is 0.460 e. The molecule has 0 aliphatic rings. The maximum atomic E-state index is 11.4. The quantitative estimate of drug-likeness (QED) is 0.762. The normalized spacial score (nSPS) is 14.1. The van der Waals surface area contributed by atoms with Crippen molar-refractivity contribution in [3.63, 3.8) is 0 Å². The van der Waals surface area contributed by atoms with Gasteiger partial charge in [0.2, 0.25) is 0 Å². The maximum absolute atomic E-state index is 11.4. The second-order valence-corrected chi connectivity index (χ2v) is 5.84. The van der Waals surface area contributed by atoms with Gasteiger partial charge in [-0.05, 0) is 41.5 Å². The van der Waals surface area contributed by atoms with Crippen molar-refractivity contribution in [1.82, 2.24) is 0 Å². The van der Waals surface area contributed by atoms with E-state index in [9.17, 15) is 14.7 Å². The summed E-state index contributed by atoms with van der Waals surface area (Å²) in [7, 11) is 0. The summed E-state index contributed by atoms with van der Waals surface area (Å²) in [4.78, 5) is 22.7. The Balaban J connectivity index is 4.22. The van der Waals surface area contributed by atoms with Crippen molar-refractivity contribution < 1.29 is 24.2 Å². The van der Waals surface area contributed by atoms with Gasteiger partial charge in [-0.1, -0.05) is 0 Å². The third-order valence-corrected chi connectivity index (χ3v) is 1.46. The number of hydrogen-bond donors (Lipinski definition) is 1. The molecule has 0 aliphatic heterocycles. The highest BCUT2D eigenvalue weighted by molar-refractivity contribution is 5.81. The molecule has 0 bridgehead atoms. The first-order chi connectivity index (χ1) is 7.41. The van der Waals surface area contributed by atoms with Crippen LogP contribution in [0.15, 0.2) is 0 Å². The van der Waals surface area contributed by atoms with Gasteiger partial charge in [0.15, 0.2) is 6.10 Å². The first-order valence-electron chi connectivity index (χ1n) is 5.53. The number of aliphatic hydroxyl groups is 1. The summed E-state index contributed by atoms with van der Waals surface area (Å²) in [6.07, 6.45) is -1.88. The molecule has 0 aromatic heterocycles. The lowest BCUT2D eigenvalue weighted by Crippen LogP contribution is -2.34. The molecule has 0 rings (SSSR count). The van der Waals surface area contributed by atoms with Gasteiger partial charge in [-0.15, -0.1) is 0 Å². The second kappa shape index (κ2) is 5.49. The van der Waals surface area contributed by atoms with Crippen LogP contribution in [0.4, 0.5) is 0 Å². The fourth-order valence-corrected chi connectivity index (χ4v) is 0.994. The summed E-state index contributed by atoms with van der Waals surface area (Å²) in [5, 5.41) is 9.47. The first kappa shape index (κ1) is 15.9. The van der Waals surface area contributed by atoms with Crippen LogP contribution in [0.2, 0.25) is 0 Å². The molecule has 0 saturated heterocycles. The fourth-order valence-electron chi connectivity index (χ4n) is 0.994. The average Bonchev–Trinajstić information content (AvgIpc) is 1.95. The average molecular weight is 246 g/mol. The number of esters is 2. The van der Waals surface area contributed by atoms with Crippen molar-refractivity contribution in [2.45, 2.75) is 65.3 Å². The van der Waals surface area contributed by atoms with Crippen LogP contribution in [0.1, 0.15) is 48.0 Å². The molecule has 5 nitrogen and oxygen atoms in total. The van der Waals surface area contributed by atoms with Crippen molar-refractivity contribution in [3.8, 4) is 0 Å². The van der Waals surface area contributed by atoms with Gasteiger partial charge in [0, 0.05) is 0 Å². The van der Waals surface area contributed by atoms with E-state index in [-0.39, 0.29) is 0 Å². The molecule has 100 valence electrons. The summed E-state index contributed by atoms with van der Waals surface area (Å²) in [6.45, 7) is 10.2. The Labute approximate surface area is 102 Å². The van der Waals surface area contributed by atoms with Gasteiger partial charge < -0.3 is 14.6 Å². The highest BCUT2D eigenvalue weighted by atomic mass is 16.6. The lowest BCUT2D eigenvalue weighted by atomic mass is 10.1. The van der Waals surface area contributed by atoms with Gasteiger partial charge in [-0.3, -0.25) is 4.79 Å². The Hall–Kier alpha value is -1.10. The topological polar surface area (TPSA) is 72.8 Å². The molecule has 0 fully saturated rings. The van der Waals surface area contributed by atoms with Crippen LogP contribution in [-0.2, 0) is 19.1 Å². The molecule has 0 saturated carbocycles. The molecule has 17 heavy (non-hydrogen) atoms. The van der Waals surface area contributed by atoms with Gasteiger partial charge in [0.05, 0.1) is 6.42 Å². The standard InChI is InChI=1S/C12H22O5/c1-11(2,3)16-9(14)7-8(13)10(15)17-12(4,5)6/h8,13H,7H2,1-6H3. The van der Waals surface area contributed by atoms with Gasteiger partial charge >= 0.3 is 11.9 Å². The number of carbonyl (C=O) groups is 2. The number of rotatable bonds is 3. The molecule has 1 unspecified atom stereocenters. The summed E-state index contributed by atoms with van der Waals surface area (Å²) >= 11 is 0. The van der Waals surface area contributed by atoms with Crippen LogP contribution >= 0.6 is 0 Å². The molecule has 0 amide bonds. The van der Waals surface area contributed by atoms with Crippen molar-refractivity contribution in [2.24, 2.45) is 0 Å². The minimum absolute atomic E-state index is 0.397. The Bertz CT molecular complexity index is 282. The van der Waals surface area contributed by atoms with Crippen molar-refractivity contribution in [3.05, 3.63) is 0 Å². The zero-order valence-corrected chi connectivity index (χ0v) is 11.4. The van der Waals surface area contributed by atoms with E-state index in [4.69, 9.17) is 9.47 Å². The van der Waals surface area contributed by atoms with E-state index >= 15 is 0 Å². The lowest BCUT2D eigenvalue weighted by Gasteiger charge is -2.23. The molecular weight excluding hydrogens is 224 g/mol. The van der Waals surface area contributed by atoms with E-state index in [1.54, 1.807) is 41.5 Å². The number of ether oxygens (including phenoxy) is 2. The Morgan fingerprint density at radius 2 is 1.41 bits per heavy atom. The van der Waals surface area contributed by atoms with Crippen LogP contribution in [0.25, 0.3) is 0 Å². The van der Waals surface area contributed by atoms with Crippen LogP contribution in [0.5, 0.6) is 0 Å². The van der Waals surface area contributed by atoms with E-state index in [1.807, 2.05) is 0 Å². The SMILES string of the molecule is CC(C)(C)OC(=O)CC(O)C(=O)OC(C)(C)C. The summed E-state index contributed by atoms with van der Waals surface area (Å²) in [6, 6.07) is 0. The predicted octanol–water partition coefficient (Wildman–Crippen LogP) is 1.42.